The van der Waals surface area contributed by atoms with E-state index in [4.69, 9.17) is 16.1 Å². The summed E-state index contributed by atoms with van der Waals surface area (Å²) in [5, 5.41) is 17.7. The maximum absolute atomic E-state index is 11.2. The molecule has 16 heavy (non-hydrogen) atoms. The van der Waals surface area contributed by atoms with Crippen molar-refractivity contribution in [1.29, 1.82) is 0 Å². The Morgan fingerprint density at radius 2 is 1.31 bits per heavy atom. The Morgan fingerprint density at radius 3 is 1.62 bits per heavy atom. The SMILES string of the molecule is NOC(=O)C1CC(C(=O)O)CC(C(=O)O)C1. The van der Waals surface area contributed by atoms with E-state index in [0.717, 1.165) is 0 Å². The van der Waals surface area contributed by atoms with Gasteiger partial charge in [0.2, 0.25) is 0 Å². The van der Waals surface area contributed by atoms with Gasteiger partial charge in [-0.3, -0.25) is 14.4 Å². The zero-order chi connectivity index (χ0) is 12.3. The van der Waals surface area contributed by atoms with Crippen LogP contribution in [-0.2, 0) is 19.2 Å². The van der Waals surface area contributed by atoms with Crippen LogP contribution in [0.4, 0.5) is 0 Å². The van der Waals surface area contributed by atoms with E-state index < -0.39 is 35.7 Å². The highest BCUT2D eigenvalue weighted by molar-refractivity contribution is 5.78. The summed E-state index contributed by atoms with van der Waals surface area (Å²) in [7, 11) is 0. The molecule has 0 spiro atoms. The highest BCUT2D eigenvalue weighted by Gasteiger charge is 2.39. The quantitative estimate of drug-likeness (QED) is 0.564. The van der Waals surface area contributed by atoms with E-state index in [1.165, 1.54) is 0 Å². The molecule has 0 radical (unpaired) electrons. The predicted octanol–water partition coefficient (Wildman–Crippen LogP) is -0.395. The molecule has 0 saturated heterocycles. The normalized spacial score (nSPS) is 29.4. The predicted molar refractivity (Wildman–Crippen MR) is 49.9 cm³/mol. The van der Waals surface area contributed by atoms with E-state index in [1.807, 2.05) is 0 Å². The van der Waals surface area contributed by atoms with Crippen molar-refractivity contribution in [3.8, 4) is 0 Å². The van der Waals surface area contributed by atoms with Crippen LogP contribution in [-0.4, -0.2) is 28.1 Å². The van der Waals surface area contributed by atoms with Crippen LogP contribution in [0.15, 0.2) is 0 Å². The number of hydrogen-bond donors (Lipinski definition) is 3. The molecule has 0 aromatic heterocycles. The van der Waals surface area contributed by atoms with Gasteiger partial charge in [0, 0.05) is 0 Å². The summed E-state index contributed by atoms with van der Waals surface area (Å²) in [5.41, 5.74) is 0. The minimum Gasteiger partial charge on any atom is -0.481 e. The minimum absolute atomic E-state index is 0.0407. The number of hydrogen-bond acceptors (Lipinski definition) is 5. The zero-order valence-electron chi connectivity index (χ0n) is 8.46. The van der Waals surface area contributed by atoms with Crippen molar-refractivity contribution in [3.63, 3.8) is 0 Å². The average molecular weight is 231 g/mol. The highest BCUT2D eigenvalue weighted by atomic mass is 16.7. The Hall–Kier alpha value is -1.63. The summed E-state index contributed by atoms with van der Waals surface area (Å²) < 4.78 is 0. The molecule has 2 atom stereocenters. The number of rotatable bonds is 3. The van der Waals surface area contributed by atoms with Crippen molar-refractivity contribution in [2.24, 2.45) is 23.7 Å². The third-order valence-electron chi connectivity index (χ3n) is 2.86. The summed E-state index contributed by atoms with van der Waals surface area (Å²) in [6.07, 6.45) is 0.198. The second kappa shape index (κ2) is 4.93. The summed E-state index contributed by atoms with van der Waals surface area (Å²) in [6.45, 7) is 0. The molecule has 1 aliphatic rings. The fourth-order valence-electron chi connectivity index (χ4n) is 2.01. The molecule has 0 heterocycles. The van der Waals surface area contributed by atoms with Crippen LogP contribution in [0.1, 0.15) is 19.3 Å². The molecule has 0 aromatic rings. The lowest BCUT2D eigenvalue weighted by Gasteiger charge is -2.28. The molecule has 7 heteroatoms. The fraction of sp³-hybridized carbons (Fsp3) is 0.667. The molecule has 4 N–H and O–H groups in total. The van der Waals surface area contributed by atoms with E-state index in [1.54, 1.807) is 0 Å². The summed E-state index contributed by atoms with van der Waals surface area (Å²) in [6, 6.07) is 0. The Bertz CT molecular complexity index is 293. The first-order valence-electron chi connectivity index (χ1n) is 4.81. The van der Waals surface area contributed by atoms with Crippen LogP contribution in [0.5, 0.6) is 0 Å². The number of nitrogens with two attached hydrogens (primary N) is 1. The standard InChI is InChI=1S/C9H13NO6/c10-16-9(15)6-2-4(7(11)12)1-5(3-6)8(13)14/h4-6H,1-3,10H2,(H,11,12)(H,13,14). The van der Waals surface area contributed by atoms with Gasteiger partial charge < -0.3 is 15.1 Å². The van der Waals surface area contributed by atoms with Gasteiger partial charge in [-0.15, -0.1) is 0 Å². The lowest BCUT2D eigenvalue weighted by Crippen LogP contribution is -2.36. The van der Waals surface area contributed by atoms with Gasteiger partial charge in [-0.05, 0) is 19.3 Å². The van der Waals surface area contributed by atoms with Crippen molar-refractivity contribution in [2.75, 3.05) is 0 Å². The minimum atomic E-state index is -1.10. The average Bonchev–Trinajstić information content (AvgIpc) is 2.27. The first-order chi connectivity index (χ1) is 7.45. The largest absolute Gasteiger partial charge is 0.481 e. The third kappa shape index (κ3) is 2.69. The second-order valence-electron chi connectivity index (χ2n) is 3.91. The van der Waals surface area contributed by atoms with Crippen LogP contribution in [0, 0.1) is 17.8 Å². The Kier molecular flexibility index (Phi) is 3.83. The summed E-state index contributed by atoms with van der Waals surface area (Å²) in [4.78, 5) is 36.8. The van der Waals surface area contributed by atoms with Crippen molar-refractivity contribution in [1.82, 2.24) is 0 Å². The molecule has 0 amide bonds. The van der Waals surface area contributed by atoms with Gasteiger partial charge in [0.15, 0.2) is 0 Å². The molecule has 0 bridgehead atoms. The molecule has 7 nitrogen and oxygen atoms in total. The molecular weight excluding hydrogens is 218 g/mol. The van der Waals surface area contributed by atoms with Crippen LogP contribution in [0.3, 0.4) is 0 Å². The number of aliphatic carboxylic acids is 2. The second-order valence-corrected chi connectivity index (χ2v) is 3.91. The molecule has 1 aliphatic carbocycles. The van der Waals surface area contributed by atoms with Crippen LogP contribution in [0.2, 0.25) is 0 Å². The molecule has 1 rings (SSSR count). The number of carbonyl (C=O) groups is 3. The lowest BCUT2D eigenvalue weighted by atomic mass is 9.75. The number of carboxylic acid groups (broad SMARTS) is 2. The Balaban J connectivity index is 2.78. The summed E-state index contributed by atoms with van der Waals surface area (Å²) in [5.74, 6) is -0.662. The number of carbonyl (C=O) groups excluding carboxylic acids is 1. The fourth-order valence-corrected chi connectivity index (χ4v) is 2.01. The van der Waals surface area contributed by atoms with E-state index in [0.29, 0.717) is 0 Å². The number of carboxylic acids is 2. The third-order valence-corrected chi connectivity index (χ3v) is 2.86. The van der Waals surface area contributed by atoms with E-state index in [9.17, 15) is 14.4 Å². The lowest BCUT2D eigenvalue weighted by molar-refractivity contribution is -0.157. The monoisotopic (exact) mass is 231 g/mol. The van der Waals surface area contributed by atoms with Crippen molar-refractivity contribution in [3.05, 3.63) is 0 Å². The van der Waals surface area contributed by atoms with Crippen LogP contribution in [0.25, 0.3) is 0 Å². The smallest absolute Gasteiger partial charge is 0.327 e. The van der Waals surface area contributed by atoms with Crippen LogP contribution >= 0.6 is 0 Å². The van der Waals surface area contributed by atoms with E-state index in [2.05, 4.69) is 4.84 Å². The molecule has 1 saturated carbocycles. The molecule has 0 aromatic carbocycles. The molecular formula is C9H13NO6. The van der Waals surface area contributed by atoms with Gasteiger partial charge in [0.05, 0.1) is 17.8 Å². The highest BCUT2D eigenvalue weighted by Crippen LogP contribution is 2.34. The van der Waals surface area contributed by atoms with Gasteiger partial charge in [0.1, 0.15) is 0 Å². The first kappa shape index (κ1) is 12.4. The zero-order valence-corrected chi connectivity index (χ0v) is 8.46. The maximum Gasteiger partial charge on any atom is 0.327 e. The van der Waals surface area contributed by atoms with Gasteiger partial charge in [0.25, 0.3) is 0 Å². The molecule has 90 valence electrons. The van der Waals surface area contributed by atoms with E-state index in [-0.39, 0.29) is 19.3 Å². The van der Waals surface area contributed by atoms with Crippen molar-refractivity contribution >= 4 is 17.9 Å². The summed E-state index contributed by atoms with van der Waals surface area (Å²) >= 11 is 0. The molecule has 1 fully saturated rings. The van der Waals surface area contributed by atoms with Gasteiger partial charge in [-0.2, -0.15) is 5.90 Å². The van der Waals surface area contributed by atoms with E-state index >= 15 is 0 Å². The van der Waals surface area contributed by atoms with Crippen LogP contribution < -0.4 is 5.90 Å². The Labute approximate surface area is 91.1 Å². The van der Waals surface area contributed by atoms with Gasteiger partial charge in [-0.1, -0.05) is 0 Å². The van der Waals surface area contributed by atoms with Gasteiger partial charge >= 0.3 is 17.9 Å². The maximum atomic E-state index is 11.2. The first-order valence-corrected chi connectivity index (χ1v) is 4.81. The van der Waals surface area contributed by atoms with Crippen molar-refractivity contribution < 1.29 is 29.4 Å². The van der Waals surface area contributed by atoms with Crippen molar-refractivity contribution in [2.45, 2.75) is 19.3 Å². The Morgan fingerprint density at radius 1 is 0.938 bits per heavy atom. The van der Waals surface area contributed by atoms with Gasteiger partial charge in [-0.25, -0.2) is 0 Å². The topological polar surface area (TPSA) is 127 Å². The molecule has 0 aliphatic heterocycles. The molecule has 2 unspecified atom stereocenters.